The Morgan fingerprint density at radius 2 is 1.52 bits per heavy atom. The predicted molar refractivity (Wildman–Crippen MR) is 78.1 cm³/mol. The zero-order valence-corrected chi connectivity index (χ0v) is 12.7. The zero-order valence-electron chi connectivity index (χ0n) is 11.9. The first-order valence-electron chi connectivity index (χ1n) is 6.43. The van der Waals surface area contributed by atoms with Gasteiger partial charge in [0.1, 0.15) is 17.5 Å². The third-order valence-corrected chi connectivity index (χ3v) is 3.72. The maximum atomic E-state index is 14.1. The Hall–Kier alpha value is -1.52. The summed E-state index contributed by atoms with van der Waals surface area (Å²) < 4.78 is 41.4. The first kappa shape index (κ1) is 15.9. The molecule has 0 fully saturated rings. The Kier molecular flexibility index (Phi) is 4.59. The summed E-state index contributed by atoms with van der Waals surface area (Å²) in [6.07, 6.45) is 0. The molecule has 0 radical (unpaired) electrons. The quantitative estimate of drug-likeness (QED) is 0.811. The van der Waals surface area contributed by atoms with Crippen molar-refractivity contribution in [2.24, 2.45) is 0 Å². The molecule has 112 valence electrons. The van der Waals surface area contributed by atoms with Gasteiger partial charge in [-0.25, -0.2) is 13.2 Å². The molecule has 0 saturated carbocycles. The van der Waals surface area contributed by atoms with E-state index in [0.717, 1.165) is 12.1 Å². The van der Waals surface area contributed by atoms with Crippen LogP contribution in [0.5, 0.6) is 0 Å². The van der Waals surface area contributed by atoms with Crippen molar-refractivity contribution in [1.29, 1.82) is 0 Å². The van der Waals surface area contributed by atoms with Crippen LogP contribution in [0.1, 0.15) is 28.3 Å². The molecule has 0 heterocycles. The van der Waals surface area contributed by atoms with Crippen molar-refractivity contribution in [1.82, 2.24) is 5.32 Å². The fourth-order valence-corrected chi connectivity index (χ4v) is 2.56. The molecule has 1 unspecified atom stereocenters. The highest BCUT2D eigenvalue weighted by molar-refractivity contribution is 6.30. The normalized spacial score (nSPS) is 12.5. The van der Waals surface area contributed by atoms with Gasteiger partial charge in [0.05, 0.1) is 11.1 Å². The molecule has 1 nitrogen and oxygen atoms in total. The van der Waals surface area contributed by atoms with Crippen LogP contribution < -0.4 is 5.32 Å². The SMILES string of the molecule is CNC(c1cc(C)c(F)c(C)c1)c1cc(F)c(Cl)cc1F. The first-order chi connectivity index (χ1) is 9.85. The Morgan fingerprint density at radius 3 is 2.05 bits per heavy atom. The van der Waals surface area contributed by atoms with Gasteiger partial charge < -0.3 is 5.32 Å². The molecule has 0 amide bonds. The molecular formula is C16H15ClF3N. The van der Waals surface area contributed by atoms with E-state index in [1.807, 2.05) is 0 Å². The summed E-state index contributed by atoms with van der Waals surface area (Å²) >= 11 is 5.57. The standard InChI is InChI=1S/C16H15ClF3N/c1-8-4-10(5-9(2)15(8)20)16(21-3)11-6-14(19)12(17)7-13(11)18/h4-7,16,21H,1-3H3. The third kappa shape index (κ3) is 3.06. The van der Waals surface area contributed by atoms with Crippen LogP contribution in [0.3, 0.4) is 0 Å². The molecule has 0 bridgehead atoms. The number of aryl methyl sites for hydroxylation is 2. The Labute approximate surface area is 126 Å². The molecule has 5 heteroatoms. The molecule has 2 rings (SSSR count). The molecule has 0 aromatic heterocycles. The molecule has 2 aromatic rings. The van der Waals surface area contributed by atoms with Crippen molar-refractivity contribution < 1.29 is 13.2 Å². The number of rotatable bonds is 3. The monoisotopic (exact) mass is 313 g/mol. The van der Waals surface area contributed by atoms with Gasteiger partial charge in [0.2, 0.25) is 0 Å². The average Bonchev–Trinajstić information content (AvgIpc) is 2.42. The van der Waals surface area contributed by atoms with Crippen molar-refractivity contribution in [2.75, 3.05) is 7.05 Å². The average molecular weight is 314 g/mol. The van der Waals surface area contributed by atoms with Gasteiger partial charge in [-0.05, 0) is 49.7 Å². The number of nitrogens with one attached hydrogen (secondary N) is 1. The second-order valence-electron chi connectivity index (χ2n) is 4.98. The van der Waals surface area contributed by atoms with Crippen LogP contribution in [0, 0.1) is 31.3 Å². The number of benzene rings is 2. The molecule has 0 saturated heterocycles. The lowest BCUT2D eigenvalue weighted by molar-refractivity contribution is 0.556. The fourth-order valence-electron chi connectivity index (χ4n) is 2.41. The maximum absolute atomic E-state index is 14.1. The minimum absolute atomic E-state index is 0.129. The summed E-state index contributed by atoms with van der Waals surface area (Å²) in [4.78, 5) is 0. The molecule has 1 atom stereocenters. The highest BCUT2D eigenvalue weighted by Gasteiger charge is 2.20. The molecular weight excluding hydrogens is 299 g/mol. The predicted octanol–water partition coefficient (Wildman–Crippen LogP) is 4.68. The van der Waals surface area contributed by atoms with E-state index in [2.05, 4.69) is 5.32 Å². The molecule has 0 aliphatic heterocycles. The largest absolute Gasteiger partial charge is 0.309 e. The van der Waals surface area contributed by atoms with Crippen LogP contribution in [0.25, 0.3) is 0 Å². The summed E-state index contributed by atoms with van der Waals surface area (Å²) in [5, 5.41) is 2.66. The van der Waals surface area contributed by atoms with E-state index in [9.17, 15) is 13.2 Å². The smallest absolute Gasteiger partial charge is 0.142 e. The van der Waals surface area contributed by atoms with Crippen LogP contribution in [0.15, 0.2) is 24.3 Å². The molecule has 2 aromatic carbocycles. The first-order valence-corrected chi connectivity index (χ1v) is 6.81. The number of hydrogen-bond donors (Lipinski definition) is 1. The Bertz CT molecular complexity index is 662. The van der Waals surface area contributed by atoms with Crippen LogP contribution in [-0.4, -0.2) is 7.05 Å². The van der Waals surface area contributed by atoms with Crippen LogP contribution in [-0.2, 0) is 0 Å². The summed E-state index contributed by atoms with van der Waals surface area (Å²) in [6, 6.07) is 4.66. The van der Waals surface area contributed by atoms with Crippen molar-refractivity contribution in [3.05, 3.63) is 69.0 Å². The van der Waals surface area contributed by atoms with Crippen molar-refractivity contribution in [2.45, 2.75) is 19.9 Å². The molecule has 1 N–H and O–H groups in total. The van der Waals surface area contributed by atoms with Crippen LogP contribution in [0.2, 0.25) is 5.02 Å². The maximum Gasteiger partial charge on any atom is 0.142 e. The van der Waals surface area contributed by atoms with Gasteiger partial charge in [0, 0.05) is 5.56 Å². The van der Waals surface area contributed by atoms with E-state index in [1.54, 1.807) is 33.0 Å². The van der Waals surface area contributed by atoms with E-state index in [-0.39, 0.29) is 16.4 Å². The van der Waals surface area contributed by atoms with Crippen LogP contribution >= 0.6 is 11.6 Å². The molecule has 0 spiro atoms. The van der Waals surface area contributed by atoms with Gasteiger partial charge in [-0.1, -0.05) is 23.7 Å². The van der Waals surface area contributed by atoms with Gasteiger partial charge in [-0.15, -0.1) is 0 Å². The van der Waals surface area contributed by atoms with Gasteiger partial charge in [-0.2, -0.15) is 0 Å². The molecule has 21 heavy (non-hydrogen) atoms. The highest BCUT2D eigenvalue weighted by atomic mass is 35.5. The van der Waals surface area contributed by atoms with E-state index >= 15 is 0 Å². The van der Waals surface area contributed by atoms with Gasteiger partial charge in [-0.3, -0.25) is 0 Å². The highest BCUT2D eigenvalue weighted by Crippen LogP contribution is 2.29. The topological polar surface area (TPSA) is 12.0 Å². The van der Waals surface area contributed by atoms with Crippen LogP contribution in [0.4, 0.5) is 13.2 Å². The van der Waals surface area contributed by atoms with E-state index in [0.29, 0.717) is 16.7 Å². The van der Waals surface area contributed by atoms with E-state index < -0.39 is 17.7 Å². The van der Waals surface area contributed by atoms with Gasteiger partial charge >= 0.3 is 0 Å². The summed E-state index contributed by atoms with van der Waals surface area (Å²) in [5.74, 6) is -1.60. The number of halogens is 4. The van der Waals surface area contributed by atoms with E-state index in [1.165, 1.54) is 0 Å². The summed E-state index contributed by atoms with van der Waals surface area (Å²) in [7, 11) is 1.63. The summed E-state index contributed by atoms with van der Waals surface area (Å²) in [6.45, 7) is 3.27. The lowest BCUT2D eigenvalue weighted by Crippen LogP contribution is -2.20. The minimum Gasteiger partial charge on any atom is -0.309 e. The third-order valence-electron chi connectivity index (χ3n) is 3.43. The van der Waals surface area contributed by atoms with Crippen molar-refractivity contribution in [3.8, 4) is 0 Å². The van der Waals surface area contributed by atoms with Gasteiger partial charge in [0.15, 0.2) is 0 Å². The lowest BCUT2D eigenvalue weighted by atomic mass is 9.95. The minimum atomic E-state index is -0.691. The lowest BCUT2D eigenvalue weighted by Gasteiger charge is -2.20. The summed E-state index contributed by atoms with van der Waals surface area (Å²) in [5.41, 5.74) is 1.71. The Morgan fingerprint density at radius 1 is 0.952 bits per heavy atom. The zero-order chi connectivity index (χ0) is 15.7. The van der Waals surface area contributed by atoms with Crippen molar-refractivity contribution >= 4 is 11.6 Å². The van der Waals surface area contributed by atoms with Crippen molar-refractivity contribution in [3.63, 3.8) is 0 Å². The van der Waals surface area contributed by atoms with E-state index in [4.69, 9.17) is 11.6 Å². The molecule has 0 aliphatic rings. The second kappa shape index (κ2) is 6.08. The fraction of sp³-hybridized carbons (Fsp3) is 0.250. The Balaban J connectivity index is 2.57. The second-order valence-corrected chi connectivity index (χ2v) is 5.39. The number of hydrogen-bond acceptors (Lipinski definition) is 1. The molecule has 0 aliphatic carbocycles. The van der Waals surface area contributed by atoms with Gasteiger partial charge in [0.25, 0.3) is 0 Å².